The van der Waals surface area contributed by atoms with E-state index in [1.807, 2.05) is 32.1 Å². The zero-order valence-corrected chi connectivity index (χ0v) is 14.1. The maximum Gasteiger partial charge on any atom is 0.229 e. The summed E-state index contributed by atoms with van der Waals surface area (Å²) in [5, 5.41) is 6.03. The minimum Gasteiger partial charge on any atom is -0.486 e. The van der Waals surface area contributed by atoms with Crippen LogP contribution in [-0.4, -0.2) is 31.0 Å². The lowest BCUT2D eigenvalue weighted by Gasteiger charge is -2.19. The van der Waals surface area contributed by atoms with Crippen molar-refractivity contribution in [2.75, 3.05) is 23.8 Å². The molecule has 4 rings (SSSR count). The SMILES string of the molecule is Bc1cccc(Nc2ncc(F)c(Nc3ccc4c(c3)OCCO4)n2)c1. The van der Waals surface area contributed by atoms with E-state index in [2.05, 4.69) is 20.6 Å². The predicted molar refractivity (Wildman–Crippen MR) is 101 cm³/mol. The molecule has 26 heavy (non-hydrogen) atoms. The normalized spacial score (nSPS) is 12.5. The van der Waals surface area contributed by atoms with Gasteiger partial charge in [-0.2, -0.15) is 4.98 Å². The molecule has 0 unspecified atom stereocenters. The second-order valence-electron chi connectivity index (χ2n) is 5.87. The van der Waals surface area contributed by atoms with Gasteiger partial charge in [0.25, 0.3) is 0 Å². The summed E-state index contributed by atoms with van der Waals surface area (Å²) in [6, 6.07) is 13.1. The highest BCUT2D eigenvalue weighted by atomic mass is 19.1. The summed E-state index contributed by atoms with van der Waals surface area (Å²) in [4.78, 5) is 8.22. The van der Waals surface area contributed by atoms with Crippen LogP contribution in [0.1, 0.15) is 0 Å². The van der Waals surface area contributed by atoms with Gasteiger partial charge >= 0.3 is 0 Å². The van der Waals surface area contributed by atoms with Gasteiger partial charge < -0.3 is 20.1 Å². The summed E-state index contributed by atoms with van der Waals surface area (Å²) >= 11 is 0. The fourth-order valence-corrected chi connectivity index (χ4v) is 2.62. The molecule has 8 heteroatoms. The van der Waals surface area contributed by atoms with Crippen molar-refractivity contribution < 1.29 is 13.9 Å². The van der Waals surface area contributed by atoms with Gasteiger partial charge in [0.1, 0.15) is 21.1 Å². The summed E-state index contributed by atoms with van der Waals surface area (Å²) in [7, 11) is 1.99. The van der Waals surface area contributed by atoms with Crippen LogP contribution in [-0.2, 0) is 0 Å². The van der Waals surface area contributed by atoms with E-state index in [-0.39, 0.29) is 5.82 Å². The Morgan fingerprint density at radius 2 is 1.77 bits per heavy atom. The first kappa shape index (κ1) is 16.2. The average Bonchev–Trinajstić information content (AvgIpc) is 2.64. The summed E-state index contributed by atoms with van der Waals surface area (Å²) in [5.41, 5.74) is 2.59. The lowest BCUT2D eigenvalue weighted by Crippen LogP contribution is -2.15. The predicted octanol–water partition coefficient (Wildman–Crippen LogP) is 2.13. The highest BCUT2D eigenvalue weighted by Gasteiger charge is 2.13. The van der Waals surface area contributed by atoms with Crippen molar-refractivity contribution in [2.24, 2.45) is 0 Å². The fraction of sp³-hybridized carbons (Fsp3) is 0.111. The van der Waals surface area contributed by atoms with Crippen LogP contribution in [0.15, 0.2) is 48.7 Å². The van der Waals surface area contributed by atoms with Crippen molar-refractivity contribution in [1.82, 2.24) is 9.97 Å². The van der Waals surface area contributed by atoms with E-state index in [1.165, 1.54) is 0 Å². The Kier molecular flexibility index (Phi) is 4.31. The molecule has 130 valence electrons. The van der Waals surface area contributed by atoms with Gasteiger partial charge in [-0.3, -0.25) is 0 Å². The number of nitrogens with zero attached hydrogens (tertiary/aromatic N) is 2. The van der Waals surface area contributed by atoms with Crippen molar-refractivity contribution in [2.45, 2.75) is 0 Å². The van der Waals surface area contributed by atoms with Gasteiger partial charge in [0.05, 0.1) is 6.20 Å². The number of hydrogen-bond donors (Lipinski definition) is 2. The van der Waals surface area contributed by atoms with Crippen LogP contribution in [0, 0.1) is 5.82 Å². The number of benzene rings is 2. The Bertz CT molecular complexity index is 954. The summed E-state index contributed by atoms with van der Waals surface area (Å²) in [6.45, 7) is 1.01. The van der Waals surface area contributed by atoms with Crippen LogP contribution in [0.5, 0.6) is 11.5 Å². The highest BCUT2D eigenvalue weighted by Crippen LogP contribution is 2.33. The van der Waals surface area contributed by atoms with E-state index in [0.29, 0.717) is 36.3 Å². The van der Waals surface area contributed by atoms with Crippen LogP contribution >= 0.6 is 0 Å². The lowest BCUT2D eigenvalue weighted by atomic mass is 9.96. The third-order valence-electron chi connectivity index (χ3n) is 3.82. The first-order valence-electron chi connectivity index (χ1n) is 8.20. The number of fused-ring (bicyclic) bond motifs is 1. The summed E-state index contributed by atoms with van der Waals surface area (Å²) in [6.07, 6.45) is 1.13. The first-order valence-corrected chi connectivity index (χ1v) is 8.20. The number of hydrogen-bond acceptors (Lipinski definition) is 6. The van der Waals surface area contributed by atoms with Gasteiger partial charge in [0.2, 0.25) is 5.95 Å². The molecule has 6 nitrogen and oxygen atoms in total. The first-order chi connectivity index (χ1) is 12.7. The number of halogens is 1. The number of rotatable bonds is 4. The standard InChI is InChI=1S/C18H16BFN4O2/c19-11-2-1-3-12(8-11)23-18-21-10-14(20)17(24-18)22-13-4-5-15-16(9-13)26-7-6-25-15/h1-5,8-10H,6-7,19H2,(H2,21,22,23,24). The van der Waals surface area contributed by atoms with E-state index in [0.717, 1.165) is 17.3 Å². The van der Waals surface area contributed by atoms with Crippen LogP contribution in [0.4, 0.5) is 27.5 Å². The number of anilines is 4. The Morgan fingerprint density at radius 3 is 2.62 bits per heavy atom. The van der Waals surface area contributed by atoms with Crippen molar-refractivity contribution in [1.29, 1.82) is 0 Å². The highest BCUT2D eigenvalue weighted by molar-refractivity contribution is 6.32. The van der Waals surface area contributed by atoms with Crippen LogP contribution < -0.4 is 25.6 Å². The molecule has 0 spiro atoms. The molecular weight excluding hydrogens is 334 g/mol. The monoisotopic (exact) mass is 350 g/mol. The second-order valence-corrected chi connectivity index (χ2v) is 5.87. The quantitative estimate of drug-likeness (QED) is 0.703. The zero-order chi connectivity index (χ0) is 17.9. The van der Waals surface area contributed by atoms with E-state index in [4.69, 9.17) is 9.47 Å². The van der Waals surface area contributed by atoms with E-state index < -0.39 is 5.82 Å². The van der Waals surface area contributed by atoms with Crippen molar-refractivity contribution in [3.8, 4) is 11.5 Å². The Labute approximate surface area is 150 Å². The minimum absolute atomic E-state index is 0.0758. The number of nitrogens with one attached hydrogen (secondary N) is 2. The third kappa shape index (κ3) is 3.54. The molecule has 0 fully saturated rings. The number of aromatic nitrogens is 2. The zero-order valence-electron chi connectivity index (χ0n) is 14.1. The molecule has 0 radical (unpaired) electrons. The van der Waals surface area contributed by atoms with Gasteiger partial charge in [-0.05, 0) is 24.3 Å². The molecule has 0 atom stereocenters. The second kappa shape index (κ2) is 6.91. The molecule has 2 heterocycles. The van der Waals surface area contributed by atoms with E-state index in [9.17, 15) is 4.39 Å². The summed E-state index contributed by atoms with van der Waals surface area (Å²) in [5.74, 6) is 1.12. The fourth-order valence-electron chi connectivity index (χ4n) is 2.62. The van der Waals surface area contributed by atoms with E-state index in [1.54, 1.807) is 18.2 Å². The summed E-state index contributed by atoms with van der Waals surface area (Å²) < 4.78 is 25.2. The van der Waals surface area contributed by atoms with Crippen LogP contribution in [0.25, 0.3) is 0 Å². The molecule has 2 N–H and O–H groups in total. The molecule has 1 aliphatic rings. The molecule has 2 aromatic carbocycles. The van der Waals surface area contributed by atoms with Gasteiger partial charge in [-0.25, -0.2) is 9.37 Å². The van der Waals surface area contributed by atoms with Crippen molar-refractivity contribution >= 4 is 36.5 Å². The molecule has 0 bridgehead atoms. The van der Waals surface area contributed by atoms with Crippen molar-refractivity contribution in [3.05, 3.63) is 54.5 Å². The van der Waals surface area contributed by atoms with Gasteiger partial charge in [-0.1, -0.05) is 17.6 Å². The van der Waals surface area contributed by atoms with Crippen molar-refractivity contribution in [3.63, 3.8) is 0 Å². The molecular formula is C18H16BFN4O2. The molecule has 3 aromatic rings. The maximum atomic E-state index is 14.1. The smallest absolute Gasteiger partial charge is 0.229 e. The van der Waals surface area contributed by atoms with Crippen LogP contribution in [0.3, 0.4) is 0 Å². The van der Waals surface area contributed by atoms with Gasteiger partial charge in [0.15, 0.2) is 23.1 Å². The molecule has 0 saturated carbocycles. The van der Waals surface area contributed by atoms with Gasteiger partial charge in [0, 0.05) is 17.4 Å². The third-order valence-corrected chi connectivity index (χ3v) is 3.82. The lowest BCUT2D eigenvalue weighted by molar-refractivity contribution is 0.171. The van der Waals surface area contributed by atoms with Gasteiger partial charge in [-0.15, -0.1) is 0 Å². The van der Waals surface area contributed by atoms with E-state index >= 15 is 0 Å². The topological polar surface area (TPSA) is 68.3 Å². The van der Waals surface area contributed by atoms with Crippen LogP contribution in [0.2, 0.25) is 0 Å². The minimum atomic E-state index is -0.547. The molecule has 0 aliphatic carbocycles. The number of ether oxygens (including phenoxy) is 2. The molecule has 0 amide bonds. The largest absolute Gasteiger partial charge is 0.486 e. The Balaban J connectivity index is 1.56. The average molecular weight is 350 g/mol. The molecule has 0 saturated heterocycles. The Hall–Kier alpha value is -3.29. The molecule has 1 aromatic heterocycles. The Morgan fingerprint density at radius 1 is 0.962 bits per heavy atom. The maximum absolute atomic E-state index is 14.1. The molecule has 1 aliphatic heterocycles.